The molecule has 1 heterocycles. The molecule has 2 fully saturated rings. The summed E-state index contributed by atoms with van der Waals surface area (Å²) in [5, 5.41) is 2.90. The minimum absolute atomic E-state index is 0.0771. The largest absolute Gasteiger partial charge is 0.435 e. The molecule has 1 amide bonds. The maximum atomic E-state index is 12.6. The van der Waals surface area contributed by atoms with Gasteiger partial charge in [0.2, 0.25) is 5.91 Å². The van der Waals surface area contributed by atoms with Crippen LogP contribution in [-0.4, -0.2) is 49.3 Å². The summed E-state index contributed by atoms with van der Waals surface area (Å²) in [6.07, 6.45) is 4.70. The monoisotopic (exact) mass is 354 g/mol. The minimum Gasteiger partial charge on any atom is -0.435 e. The summed E-state index contributed by atoms with van der Waals surface area (Å²) in [5.41, 5.74) is 0.718. The predicted octanol–water partition coefficient (Wildman–Crippen LogP) is 2.55. The van der Waals surface area contributed by atoms with Crippen molar-refractivity contribution >= 4 is 5.91 Å². The minimum atomic E-state index is -2.86. The number of hydrogen-bond acceptors (Lipinski definition) is 4. The molecule has 1 atom stereocenters. The van der Waals surface area contributed by atoms with Crippen LogP contribution >= 0.6 is 0 Å². The SMILES string of the molecule is O=C(NCc1cccc(OC(F)F)c1)[C@H]1COCCN1C1CCCC1. The quantitative estimate of drug-likeness (QED) is 0.853. The van der Waals surface area contributed by atoms with E-state index in [2.05, 4.69) is 15.0 Å². The van der Waals surface area contributed by atoms with Crippen molar-refractivity contribution in [3.05, 3.63) is 29.8 Å². The Morgan fingerprint density at radius 3 is 2.92 bits per heavy atom. The summed E-state index contributed by atoms with van der Waals surface area (Å²) in [6.45, 7) is -0.747. The highest BCUT2D eigenvalue weighted by atomic mass is 19.3. The fourth-order valence-electron chi connectivity index (χ4n) is 3.65. The number of carbonyl (C=O) groups excluding carboxylic acids is 1. The number of ether oxygens (including phenoxy) is 2. The van der Waals surface area contributed by atoms with E-state index in [1.165, 1.54) is 25.0 Å². The van der Waals surface area contributed by atoms with Gasteiger partial charge in [-0.15, -0.1) is 0 Å². The van der Waals surface area contributed by atoms with Gasteiger partial charge < -0.3 is 14.8 Å². The van der Waals surface area contributed by atoms with Gasteiger partial charge in [0.15, 0.2) is 0 Å². The predicted molar refractivity (Wildman–Crippen MR) is 88.5 cm³/mol. The lowest BCUT2D eigenvalue weighted by Gasteiger charge is -2.38. The molecule has 1 aliphatic heterocycles. The van der Waals surface area contributed by atoms with Gasteiger partial charge in [-0.1, -0.05) is 25.0 Å². The third-order valence-corrected chi connectivity index (χ3v) is 4.86. The van der Waals surface area contributed by atoms with Crippen molar-refractivity contribution in [3.8, 4) is 5.75 Å². The Labute approximate surface area is 146 Å². The zero-order chi connectivity index (χ0) is 17.6. The zero-order valence-electron chi connectivity index (χ0n) is 14.1. The van der Waals surface area contributed by atoms with Gasteiger partial charge >= 0.3 is 6.61 Å². The molecule has 0 bridgehead atoms. The molecule has 1 N–H and O–H groups in total. The Morgan fingerprint density at radius 2 is 2.16 bits per heavy atom. The molecule has 0 aromatic heterocycles. The average Bonchev–Trinajstić information content (AvgIpc) is 3.14. The topological polar surface area (TPSA) is 50.8 Å². The summed E-state index contributed by atoms with van der Waals surface area (Å²) >= 11 is 0. The highest BCUT2D eigenvalue weighted by molar-refractivity contribution is 5.82. The van der Waals surface area contributed by atoms with Gasteiger partial charge in [0.05, 0.1) is 13.2 Å². The highest BCUT2D eigenvalue weighted by Gasteiger charge is 2.35. The van der Waals surface area contributed by atoms with Crippen LogP contribution in [0.15, 0.2) is 24.3 Å². The first-order valence-corrected chi connectivity index (χ1v) is 8.78. The van der Waals surface area contributed by atoms with Crippen LogP contribution in [0, 0.1) is 0 Å². The Balaban J connectivity index is 1.57. The van der Waals surface area contributed by atoms with Crippen LogP contribution in [0.5, 0.6) is 5.75 Å². The normalized spacial score (nSPS) is 22.3. The second kappa shape index (κ2) is 8.58. The van der Waals surface area contributed by atoms with Crippen molar-refractivity contribution in [1.29, 1.82) is 0 Å². The molecule has 5 nitrogen and oxygen atoms in total. The number of nitrogens with one attached hydrogen (secondary N) is 1. The van der Waals surface area contributed by atoms with E-state index in [-0.39, 0.29) is 24.2 Å². The van der Waals surface area contributed by atoms with Crippen molar-refractivity contribution in [2.75, 3.05) is 19.8 Å². The van der Waals surface area contributed by atoms with E-state index in [9.17, 15) is 13.6 Å². The summed E-state index contributed by atoms with van der Waals surface area (Å²) < 4.78 is 34.5. The Kier molecular flexibility index (Phi) is 6.20. The van der Waals surface area contributed by atoms with Crippen LogP contribution in [0.1, 0.15) is 31.2 Å². The molecule has 1 aliphatic carbocycles. The summed E-state index contributed by atoms with van der Waals surface area (Å²) in [6, 6.07) is 6.56. The molecule has 1 saturated carbocycles. The van der Waals surface area contributed by atoms with Gasteiger partial charge in [0.25, 0.3) is 0 Å². The first-order chi connectivity index (χ1) is 12.1. The van der Waals surface area contributed by atoms with Gasteiger partial charge in [0.1, 0.15) is 11.8 Å². The number of morpholine rings is 1. The van der Waals surface area contributed by atoms with E-state index in [0.29, 0.717) is 19.3 Å². The summed E-state index contributed by atoms with van der Waals surface area (Å²) in [5.74, 6) is 0.0158. The van der Waals surface area contributed by atoms with Crippen molar-refractivity contribution in [2.45, 2.75) is 50.9 Å². The van der Waals surface area contributed by atoms with Gasteiger partial charge in [0, 0.05) is 19.1 Å². The van der Waals surface area contributed by atoms with Gasteiger partial charge in [-0.05, 0) is 30.5 Å². The first-order valence-electron chi connectivity index (χ1n) is 8.78. The maximum absolute atomic E-state index is 12.6. The van der Waals surface area contributed by atoms with Crippen LogP contribution in [-0.2, 0) is 16.1 Å². The van der Waals surface area contributed by atoms with E-state index in [4.69, 9.17) is 4.74 Å². The number of benzene rings is 1. The van der Waals surface area contributed by atoms with E-state index in [1.54, 1.807) is 12.1 Å². The number of halogens is 2. The first kappa shape index (κ1) is 18.1. The van der Waals surface area contributed by atoms with Crippen LogP contribution in [0.3, 0.4) is 0 Å². The molecule has 1 saturated heterocycles. The van der Waals surface area contributed by atoms with Gasteiger partial charge in [-0.25, -0.2) is 0 Å². The molecule has 25 heavy (non-hydrogen) atoms. The second-order valence-electron chi connectivity index (χ2n) is 6.51. The van der Waals surface area contributed by atoms with E-state index >= 15 is 0 Å². The number of alkyl halides is 2. The summed E-state index contributed by atoms with van der Waals surface area (Å²) in [4.78, 5) is 14.9. The number of carbonyl (C=O) groups is 1. The van der Waals surface area contributed by atoms with Crippen molar-refractivity contribution in [1.82, 2.24) is 10.2 Å². The molecule has 138 valence electrons. The molecule has 0 unspecified atom stereocenters. The van der Waals surface area contributed by atoms with E-state index < -0.39 is 6.61 Å². The van der Waals surface area contributed by atoms with Crippen molar-refractivity contribution < 1.29 is 23.0 Å². The molecule has 2 aliphatic rings. The third-order valence-electron chi connectivity index (χ3n) is 4.86. The molecule has 3 rings (SSSR count). The second-order valence-corrected chi connectivity index (χ2v) is 6.51. The fourth-order valence-corrected chi connectivity index (χ4v) is 3.65. The average molecular weight is 354 g/mol. The van der Waals surface area contributed by atoms with Crippen LogP contribution in [0.4, 0.5) is 8.78 Å². The number of nitrogens with zero attached hydrogens (tertiary/aromatic N) is 1. The Bertz CT molecular complexity index is 579. The van der Waals surface area contributed by atoms with Gasteiger partial charge in [-0.2, -0.15) is 8.78 Å². The number of rotatable bonds is 6. The highest BCUT2D eigenvalue weighted by Crippen LogP contribution is 2.26. The molecule has 0 radical (unpaired) electrons. The van der Waals surface area contributed by atoms with Crippen LogP contribution in [0.25, 0.3) is 0 Å². The summed E-state index contributed by atoms with van der Waals surface area (Å²) in [7, 11) is 0. The van der Waals surface area contributed by atoms with E-state index in [1.807, 2.05) is 0 Å². The lowest BCUT2D eigenvalue weighted by molar-refractivity contribution is -0.134. The molecule has 1 aromatic rings. The van der Waals surface area contributed by atoms with Crippen molar-refractivity contribution in [3.63, 3.8) is 0 Å². The molecular formula is C18H24F2N2O3. The van der Waals surface area contributed by atoms with Crippen molar-refractivity contribution in [2.24, 2.45) is 0 Å². The standard InChI is InChI=1S/C18H24F2N2O3/c19-18(20)25-15-7-3-4-13(10-15)11-21-17(23)16-12-24-9-8-22(16)14-5-1-2-6-14/h3-4,7,10,14,16,18H,1-2,5-6,8-9,11-12H2,(H,21,23)/t16-/m1/s1. The molecule has 7 heteroatoms. The number of amides is 1. The molecule has 1 aromatic carbocycles. The van der Waals surface area contributed by atoms with Crippen LogP contribution in [0.2, 0.25) is 0 Å². The Morgan fingerprint density at radius 1 is 1.36 bits per heavy atom. The lowest BCUT2D eigenvalue weighted by atomic mass is 10.1. The lowest BCUT2D eigenvalue weighted by Crippen LogP contribution is -2.56. The maximum Gasteiger partial charge on any atom is 0.387 e. The molecular weight excluding hydrogens is 330 g/mol. The Hall–Kier alpha value is -1.73. The third kappa shape index (κ3) is 4.89. The van der Waals surface area contributed by atoms with E-state index in [0.717, 1.165) is 24.9 Å². The molecule has 0 spiro atoms. The smallest absolute Gasteiger partial charge is 0.387 e. The number of hydrogen-bond donors (Lipinski definition) is 1. The fraction of sp³-hybridized carbons (Fsp3) is 0.611. The van der Waals surface area contributed by atoms with Crippen LogP contribution < -0.4 is 10.1 Å². The van der Waals surface area contributed by atoms with Gasteiger partial charge in [-0.3, -0.25) is 9.69 Å². The zero-order valence-corrected chi connectivity index (χ0v) is 14.1.